The van der Waals surface area contributed by atoms with Gasteiger partial charge in [0.25, 0.3) is 0 Å². The highest BCUT2D eigenvalue weighted by Crippen LogP contribution is 2.42. The maximum atomic E-state index is 6.12. The Hall–Kier alpha value is -1.03. The molecule has 1 fully saturated rings. The van der Waals surface area contributed by atoms with Gasteiger partial charge in [0, 0.05) is 12.6 Å². The second-order valence-corrected chi connectivity index (χ2v) is 6.11. The standard InChI is InChI=1S/C14H21ClN4/c1-4-6-10-12-13(18(3)17-10)19(11(9-15)16-12)14(2)7-5-8-14/h4-9H2,1-3H3. The number of aryl methyl sites for hydroxylation is 2. The molecule has 1 aliphatic rings. The third kappa shape index (κ3) is 1.80. The Morgan fingerprint density at radius 2 is 2.11 bits per heavy atom. The van der Waals surface area contributed by atoms with Crippen LogP contribution in [0.15, 0.2) is 0 Å². The van der Waals surface area contributed by atoms with Gasteiger partial charge >= 0.3 is 0 Å². The molecule has 104 valence electrons. The molecule has 3 rings (SSSR count). The van der Waals surface area contributed by atoms with Crippen molar-refractivity contribution in [3.8, 4) is 0 Å². The van der Waals surface area contributed by atoms with E-state index in [1.807, 2.05) is 11.7 Å². The minimum Gasteiger partial charge on any atom is -0.306 e. The van der Waals surface area contributed by atoms with Gasteiger partial charge in [0.15, 0.2) is 5.65 Å². The van der Waals surface area contributed by atoms with E-state index in [4.69, 9.17) is 16.6 Å². The van der Waals surface area contributed by atoms with Gasteiger partial charge in [0.05, 0.1) is 11.6 Å². The van der Waals surface area contributed by atoms with Crippen LogP contribution in [0, 0.1) is 0 Å². The predicted octanol–water partition coefficient (Wildman–Crippen LogP) is 3.36. The fourth-order valence-electron chi connectivity index (χ4n) is 3.20. The Morgan fingerprint density at radius 3 is 2.63 bits per heavy atom. The van der Waals surface area contributed by atoms with E-state index in [1.165, 1.54) is 19.3 Å². The minimum atomic E-state index is 0.177. The molecule has 0 bridgehead atoms. The van der Waals surface area contributed by atoms with Crippen molar-refractivity contribution in [2.45, 2.75) is 57.4 Å². The van der Waals surface area contributed by atoms with Crippen molar-refractivity contribution >= 4 is 22.8 Å². The van der Waals surface area contributed by atoms with Crippen LogP contribution in [0.4, 0.5) is 0 Å². The maximum absolute atomic E-state index is 6.12. The quantitative estimate of drug-likeness (QED) is 0.805. The Balaban J connectivity index is 2.24. The lowest BCUT2D eigenvalue weighted by Gasteiger charge is -2.41. The number of rotatable bonds is 4. The average Bonchev–Trinajstić information content (AvgIpc) is 2.86. The van der Waals surface area contributed by atoms with Crippen LogP contribution in [0.1, 0.15) is 51.0 Å². The molecule has 0 spiro atoms. The Morgan fingerprint density at radius 1 is 1.37 bits per heavy atom. The highest BCUT2D eigenvalue weighted by molar-refractivity contribution is 6.16. The summed E-state index contributed by atoms with van der Waals surface area (Å²) in [6.45, 7) is 4.48. The Bertz CT molecular complexity index is 607. The monoisotopic (exact) mass is 280 g/mol. The van der Waals surface area contributed by atoms with Crippen molar-refractivity contribution in [3.63, 3.8) is 0 Å². The summed E-state index contributed by atoms with van der Waals surface area (Å²) in [4.78, 5) is 4.77. The van der Waals surface area contributed by atoms with Crippen molar-refractivity contribution in [2.24, 2.45) is 7.05 Å². The number of fused-ring (bicyclic) bond motifs is 1. The van der Waals surface area contributed by atoms with Crippen molar-refractivity contribution in [2.75, 3.05) is 0 Å². The molecule has 2 heterocycles. The summed E-state index contributed by atoms with van der Waals surface area (Å²) in [5.74, 6) is 1.46. The van der Waals surface area contributed by atoms with Gasteiger partial charge in [-0.05, 0) is 32.6 Å². The number of nitrogens with zero attached hydrogens (tertiary/aromatic N) is 4. The summed E-state index contributed by atoms with van der Waals surface area (Å²) in [6.07, 6.45) is 5.77. The topological polar surface area (TPSA) is 35.6 Å². The van der Waals surface area contributed by atoms with Gasteiger partial charge in [-0.1, -0.05) is 13.3 Å². The zero-order valence-electron chi connectivity index (χ0n) is 11.9. The molecule has 0 N–H and O–H groups in total. The van der Waals surface area contributed by atoms with Crippen LogP contribution in [0.3, 0.4) is 0 Å². The van der Waals surface area contributed by atoms with Crippen LogP contribution in [0.25, 0.3) is 11.2 Å². The molecule has 1 aliphatic carbocycles. The first-order valence-electron chi connectivity index (χ1n) is 7.10. The third-order valence-electron chi connectivity index (χ3n) is 4.35. The van der Waals surface area contributed by atoms with E-state index in [-0.39, 0.29) is 5.54 Å². The van der Waals surface area contributed by atoms with Gasteiger partial charge in [0.1, 0.15) is 11.3 Å². The minimum absolute atomic E-state index is 0.177. The van der Waals surface area contributed by atoms with Crippen LogP contribution in [-0.4, -0.2) is 19.3 Å². The normalized spacial score (nSPS) is 17.9. The van der Waals surface area contributed by atoms with Gasteiger partial charge in [-0.2, -0.15) is 5.10 Å². The second kappa shape index (κ2) is 4.51. The second-order valence-electron chi connectivity index (χ2n) is 5.84. The zero-order chi connectivity index (χ0) is 13.6. The first-order valence-corrected chi connectivity index (χ1v) is 7.64. The van der Waals surface area contributed by atoms with E-state index in [2.05, 4.69) is 23.5 Å². The molecule has 0 radical (unpaired) electrons. The number of alkyl halides is 1. The molecule has 0 atom stereocenters. The van der Waals surface area contributed by atoms with Gasteiger partial charge in [-0.15, -0.1) is 11.6 Å². The van der Waals surface area contributed by atoms with Crippen LogP contribution >= 0.6 is 11.6 Å². The lowest BCUT2D eigenvalue weighted by molar-refractivity contribution is 0.169. The Labute approximate surface area is 118 Å². The van der Waals surface area contributed by atoms with E-state index < -0.39 is 0 Å². The van der Waals surface area contributed by atoms with E-state index >= 15 is 0 Å². The molecular weight excluding hydrogens is 260 g/mol. The van der Waals surface area contributed by atoms with Crippen molar-refractivity contribution in [3.05, 3.63) is 11.5 Å². The lowest BCUT2D eigenvalue weighted by Crippen LogP contribution is -2.38. The fourth-order valence-corrected chi connectivity index (χ4v) is 3.38. The van der Waals surface area contributed by atoms with Gasteiger partial charge in [0.2, 0.25) is 0 Å². The summed E-state index contributed by atoms with van der Waals surface area (Å²) >= 11 is 6.12. The largest absolute Gasteiger partial charge is 0.306 e. The van der Waals surface area contributed by atoms with Gasteiger partial charge < -0.3 is 4.57 Å². The fraction of sp³-hybridized carbons (Fsp3) is 0.714. The van der Waals surface area contributed by atoms with Crippen molar-refractivity contribution in [1.82, 2.24) is 19.3 Å². The molecular formula is C14H21ClN4. The molecule has 19 heavy (non-hydrogen) atoms. The van der Waals surface area contributed by atoms with Gasteiger partial charge in [-0.3, -0.25) is 4.68 Å². The first kappa shape index (κ1) is 13.0. The maximum Gasteiger partial charge on any atom is 0.159 e. The van der Waals surface area contributed by atoms with Crippen LogP contribution in [0.5, 0.6) is 0 Å². The van der Waals surface area contributed by atoms with E-state index in [0.29, 0.717) is 5.88 Å². The zero-order valence-corrected chi connectivity index (χ0v) is 12.7. The molecule has 0 amide bonds. The van der Waals surface area contributed by atoms with E-state index in [1.54, 1.807) is 0 Å². The van der Waals surface area contributed by atoms with Crippen LogP contribution in [-0.2, 0) is 24.9 Å². The van der Waals surface area contributed by atoms with Crippen LogP contribution < -0.4 is 0 Å². The molecule has 2 aromatic heterocycles. The summed E-state index contributed by atoms with van der Waals surface area (Å²) in [5, 5.41) is 4.64. The number of imidazole rings is 1. The smallest absolute Gasteiger partial charge is 0.159 e. The summed E-state index contributed by atoms with van der Waals surface area (Å²) in [5.41, 5.74) is 3.47. The predicted molar refractivity (Wildman–Crippen MR) is 77.6 cm³/mol. The number of hydrogen-bond donors (Lipinski definition) is 0. The SMILES string of the molecule is CCCc1nn(C)c2c1nc(CCl)n2C1(C)CCC1. The molecule has 4 nitrogen and oxygen atoms in total. The first-order chi connectivity index (χ1) is 9.10. The molecule has 2 aromatic rings. The molecule has 0 unspecified atom stereocenters. The average molecular weight is 281 g/mol. The molecule has 0 aliphatic heterocycles. The van der Waals surface area contributed by atoms with Gasteiger partial charge in [-0.25, -0.2) is 4.98 Å². The van der Waals surface area contributed by atoms with E-state index in [9.17, 15) is 0 Å². The molecule has 1 saturated carbocycles. The summed E-state index contributed by atoms with van der Waals surface area (Å²) < 4.78 is 4.32. The highest BCUT2D eigenvalue weighted by atomic mass is 35.5. The van der Waals surface area contributed by atoms with Crippen LogP contribution in [0.2, 0.25) is 0 Å². The number of halogens is 1. The lowest BCUT2D eigenvalue weighted by atomic mass is 9.78. The Kier molecular flexibility index (Phi) is 3.08. The molecule has 0 saturated heterocycles. The number of hydrogen-bond acceptors (Lipinski definition) is 2. The third-order valence-corrected chi connectivity index (χ3v) is 4.59. The van der Waals surface area contributed by atoms with E-state index in [0.717, 1.165) is 35.5 Å². The molecule has 0 aromatic carbocycles. The number of aromatic nitrogens is 4. The van der Waals surface area contributed by atoms with Crippen molar-refractivity contribution in [1.29, 1.82) is 0 Å². The highest BCUT2D eigenvalue weighted by Gasteiger charge is 2.38. The summed E-state index contributed by atoms with van der Waals surface area (Å²) in [7, 11) is 2.01. The van der Waals surface area contributed by atoms with Crippen molar-refractivity contribution < 1.29 is 0 Å². The molecule has 5 heteroatoms. The summed E-state index contributed by atoms with van der Waals surface area (Å²) in [6, 6.07) is 0.